The molecule has 10 nitrogen and oxygen atoms in total. The van der Waals surface area contributed by atoms with Crippen LogP contribution >= 0.6 is 0 Å². The SMILES string of the molecule is CC(NC(=O)OC(C)(C)C)C(=O)N1CCCC12CCC(N)(C(=O)O)C(CCCB1OC(C)(C)C(C)(C)O1)C2. The minimum atomic E-state index is -1.35. The number of nitrogens with one attached hydrogen (secondary N) is 1. The summed E-state index contributed by atoms with van der Waals surface area (Å²) in [4.78, 5) is 40.0. The maximum atomic E-state index is 13.5. The predicted molar refractivity (Wildman–Crippen MR) is 145 cm³/mol. The van der Waals surface area contributed by atoms with E-state index in [1.165, 1.54) is 0 Å². The first-order chi connectivity index (χ1) is 17.3. The Morgan fingerprint density at radius 2 is 1.74 bits per heavy atom. The molecule has 2 aliphatic heterocycles. The summed E-state index contributed by atoms with van der Waals surface area (Å²) in [6.07, 6.45) is 4.27. The van der Waals surface area contributed by atoms with E-state index in [4.69, 9.17) is 19.8 Å². The molecule has 0 aromatic heterocycles. The predicted octanol–water partition coefficient (Wildman–Crippen LogP) is 3.72. The third kappa shape index (κ3) is 6.31. The van der Waals surface area contributed by atoms with Gasteiger partial charge in [-0.15, -0.1) is 0 Å². The standard InChI is InChI=1S/C27H48BN3O7/c1-18(30-22(35)36-23(2,3)4)20(32)31-16-10-12-26(31)13-14-27(29,21(33)34)19(17-26)11-9-15-28-37-24(5,6)25(7,8)38-28/h18-19H,9-17,29H2,1-8H3,(H,30,35)(H,33,34). The molecule has 0 radical (unpaired) electrons. The highest BCUT2D eigenvalue weighted by molar-refractivity contribution is 6.45. The summed E-state index contributed by atoms with van der Waals surface area (Å²) >= 11 is 0. The van der Waals surface area contributed by atoms with Crippen LogP contribution in [0.5, 0.6) is 0 Å². The third-order valence-corrected chi connectivity index (χ3v) is 9.02. The van der Waals surface area contributed by atoms with Crippen LogP contribution in [-0.2, 0) is 23.6 Å². The number of alkyl carbamates (subject to hydrolysis) is 1. The zero-order chi connectivity index (χ0) is 28.7. The van der Waals surface area contributed by atoms with Gasteiger partial charge in [0, 0.05) is 12.1 Å². The van der Waals surface area contributed by atoms with E-state index in [0.717, 1.165) is 12.8 Å². The molecule has 0 bridgehead atoms. The number of carbonyl (C=O) groups excluding carboxylic acids is 2. The summed E-state index contributed by atoms with van der Waals surface area (Å²) in [5, 5.41) is 12.7. The second-order valence-electron chi connectivity index (χ2n) is 13.5. The van der Waals surface area contributed by atoms with Gasteiger partial charge in [0.1, 0.15) is 17.2 Å². The Bertz CT molecular complexity index is 905. The molecule has 216 valence electrons. The van der Waals surface area contributed by atoms with Gasteiger partial charge in [-0.05, 0) is 106 Å². The Balaban J connectivity index is 1.69. The lowest BCUT2D eigenvalue weighted by atomic mass is 9.63. The van der Waals surface area contributed by atoms with E-state index >= 15 is 0 Å². The van der Waals surface area contributed by atoms with Crippen LogP contribution in [0.3, 0.4) is 0 Å². The number of ether oxygens (including phenoxy) is 1. The first kappa shape index (κ1) is 30.7. The van der Waals surface area contributed by atoms with Crippen molar-refractivity contribution in [3.05, 3.63) is 0 Å². The molecule has 1 saturated carbocycles. The molecule has 1 aliphatic carbocycles. The van der Waals surface area contributed by atoms with E-state index in [9.17, 15) is 19.5 Å². The molecule has 3 fully saturated rings. The summed E-state index contributed by atoms with van der Waals surface area (Å²) in [6.45, 7) is 15.6. The number of hydrogen-bond acceptors (Lipinski definition) is 7. The van der Waals surface area contributed by atoms with E-state index in [-0.39, 0.29) is 18.9 Å². The van der Waals surface area contributed by atoms with Crippen LogP contribution in [0, 0.1) is 5.92 Å². The maximum Gasteiger partial charge on any atom is 0.457 e. The number of carbonyl (C=O) groups is 3. The fraction of sp³-hybridized carbons (Fsp3) is 0.889. The molecule has 0 aromatic carbocycles. The average Bonchev–Trinajstić information content (AvgIpc) is 3.25. The highest BCUT2D eigenvalue weighted by Gasteiger charge is 2.56. The van der Waals surface area contributed by atoms with Gasteiger partial charge in [-0.25, -0.2) is 4.79 Å². The van der Waals surface area contributed by atoms with Crippen molar-refractivity contribution in [2.75, 3.05) is 6.54 Å². The van der Waals surface area contributed by atoms with Crippen molar-refractivity contribution in [1.29, 1.82) is 0 Å². The van der Waals surface area contributed by atoms with E-state index < -0.39 is 46.0 Å². The minimum absolute atomic E-state index is 0.177. The van der Waals surface area contributed by atoms with Crippen molar-refractivity contribution in [3.63, 3.8) is 0 Å². The van der Waals surface area contributed by atoms with Crippen molar-refractivity contribution >= 4 is 25.1 Å². The molecule has 0 aromatic rings. The molecule has 2 heterocycles. The highest BCUT2D eigenvalue weighted by Crippen LogP contribution is 2.49. The second kappa shape index (κ2) is 10.6. The van der Waals surface area contributed by atoms with Crippen molar-refractivity contribution in [1.82, 2.24) is 10.2 Å². The molecule has 3 rings (SSSR count). The average molecular weight is 538 g/mol. The normalized spacial score (nSPS) is 31.3. The van der Waals surface area contributed by atoms with Crippen LogP contribution in [0.25, 0.3) is 0 Å². The molecule has 2 amide bonds. The summed E-state index contributed by atoms with van der Waals surface area (Å²) in [6, 6.07) is -0.759. The second-order valence-corrected chi connectivity index (χ2v) is 13.5. The number of rotatable bonds is 7. The smallest absolute Gasteiger partial charge is 0.457 e. The third-order valence-electron chi connectivity index (χ3n) is 9.02. The molecule has 2 saturated heterocycles. The highest BCUT2D eigenvalue weighted by atomic mass is 16.7. The maximum absolute atomic E-state index is 13.5. The van der Waals surface area contributed by atoms with Gasteiger partial charge in [0.15, 0.2) is 0 Å². The summed E-state index contributed by atoms with van der Waals surface area (Å²) in [7, 11) is -0.348. The monoisotopic (exact) mass is 537 g/mol. The molecule has 11 heteroatoms. The Hall–Kier alpha value is -1.85. The van der Waals surface area contributed by atoms with Gasteiger partial charge in [-0.1, -0.05) is 6.42 Å². The summed E-state index contributed by atoms with van der Waals surface area (Å²) < 4.78 is 17.5. The molecule has 38 heavy (non-hydrogen) atoms. The minimum Gasteiger partial charge on any atom is -0.480 e. The Labute approximate surface area is 227 Å². The Kier molecular flexibility index (Phi) is 8.57. The van der Waals surface area contributed by atoms with Crippen LogP contribution in [0.4, 0.5) is 4.79 Å². The molecule has 1 spiro atoms. The lowest BCUT2D eigenvalue weighted by molar-refractivity contribution is -0.151. The molecule has 3 aliphatic rings. The number of likely N-dealkylation sites (tertiary alicyclic amines) is 1. The number of hydrogen-bond donors (Lipinski definition) is 3. The largest absolute Gasteiger partial charge is 0.480 e. The van der Waals surface area contributed by atoms with Gasteiger partial charge in [-0.3, -0.25) is 9.59 Å². The van der Waals surface area contributed by atoms with Gasteiger partial charge in [0.25, 0.3) is 0 Å². The van der Waals surface area contributed by atoms with E-state index in [0.29, 0.717) is 45.0 Å². The van der Waals surface area contributed by atoms with Gasteiger partial charge in [0.05, 0.1) is 11.2 Å². The number of amides is 2. The van der Waals surface area contributed by atoms with E-state index in [1.807, 2.05) is 32.6 Å². The quantitative estimate of drug-likeness (QED) is 0.418. The molecular weight excluding hydrogens is 489 g/mol. The fourth-order valence-corrected chi connectivity index (χ4v) is 6.18. The van der Waals surface area contributed by atoms with Crippen LogP contribution in [0.2, 0.25) is 6.32 Å². The summed E-state index contributed by atoms with van der Waals surface area (Å²) in [5.74, 6) is -1.48. The number of carboxylic acids is 1. The number of aliphatic carboxylic acids is 1. The number of nitrogens with two attached hydrogens (primary N) is 1. The molecule has 4 unspecified atom stereocenters. The van der Waals surface area contributed by atoms with Crippen LogP contribution < -0.4 is 11.1 Å². The summed E-state index contributed by atoms with van der Waals surface area (Å²) in [5.41, 5.74) is 3.23. The zero-order valence-corrected chi connectivity index (χ0v) is 24.5. The van der Waals surface area contributed by atoms with Crippen LogP contribution in [0.1, 0.15) is 100 Å². The van der Waals surface area contributed by atoms with Crippen molar-refractivity contribution in [2.45, 2.75) is 141 Å². The lowest BCUT2D eigenvalue weighted by Crippen LogP contribution is -2.64. The topological polar surface area (TPSA) is 140 Å². The number of nitrogens with zero attached hydrogens (tertiary/aromatic N) is 1. The van der Waals surface area contributed by atoms with Crippen molar-refractivity contribution in [3.8, 4) is 0 Å². The van der Waals surface area contributed by atoms with Gasteiger partial charge in [-0.2, -0.15) is 0 Å². The fourth-order valence-electron chi connectivity index (χ4n) is 6.18. The molecular formula is C27H48BN3O7. The van der Waals surface area contributed by atoms with E-state index in [1.54, 1.807) is 27.7 Å². The van der Waals surface area contributed by atoms with E-state index in [2.05, 4.69) is 5.32 Å². The van der Waals surface area contributed by atoms with Gasteiger partial charge in [0.2, 0.25) is 5.91 Å². The number of carboxylic acid groups (broad SMARTS) is 1. The Morgan fingerprint density at radius 1 is 1.13 bits per heavy atom. The molecule has 4 N–H and O–H groups in total. The molecule has 4 atom stereocenters. The van der Waals surface area contributed by atoms with Crippen LogP contribution in [0.15, 0.2) is 0 Å². The van der Waals surface area contributed by atoms with Crippen LogP contribution in [-0.4, -0.2) is 75.6 Å². The van der Waals surface area contributed by atoms with Crippen molar-refractivity contribution < 1.29 is 33.5 Å². The Morgan fingerprint density at radius 3 is 2.29 bits per heavy atom. The van der Waals surface area contributed by atoms with Gasteiger partial charge >= 0.3 is 19.2 Å². The lowest BCUT2D eigenvalue weighted by Gasteiger charge is -2.50. The first-order valence-electron chi connectivity index (χ1n) is 14.0. The van der Waals surface area contributed by atoms with Crippen molar-refractivity contribution in [2.24, 2.45) is 11.7 Å². The zero-order valence-electron chi connectivity index (χ0n) is 24.5. The first-order valence-corrected chi connectivity index (χ1v) is 14.0. The van der Waals surface area contributed by atoms with Gasteiger partial charge < -0.3 is 35.1 Å².